The second-order valence-electron chi connectivity index (χ2n) is 3.06. The molecule has 5 N–H and O–H groups in total. The zero-order valence-electron chi connectivity index (χ0n) is 7.51. The molecular formula is C7H12N4O3. The first kappa shape index (κ1) is 10.3. The molecular weight excluding hydrogens is 188 g/mol. The van der Waals surface area contributed by atoms with Crippen molar-refractivity contribution < 1.29 is 14.8 Å². The van der Waals surface area contributed by atoms with E-state index in [1.165, 1.54) is 4.90 Å². The van der Waals surface area contributed by atoms with Gasteiger partial charge in [-0.05, 0) is 6.42 Å². The molecule has 1 unspecified atom stereocenters. The average molecular weight is 200 g/mol. The van der Waals surface area contributed by atoms with Gasteiger partial charge in [0.15, 0.2) is 0 Å². The molecule has 1 saturated heterocycles. The number of carbonyl (C=O) groups is 2. The number of hydrogen-bond acceptors (Lipinski definition) is 4. The largest absolute Gasteiger partial charge is 0.409 e. The molecule has 0 aliphatic carbocycles. The first-order valence-electron chi connectivity index (χ1n) is 4.11. The molecule has 0 spiro atoms. The molecule has 0 aromatic heterocycles. The summed E-state index contributed by atoms with van der Waals surface area (Å²) in [5, 5.41) is 10.9. The molecule has 0 radical (unpaired) electrons. The van der Waals surface area contributed by atoms with Crippen molar-refractivity contribution in [2.45, 2.75) is 18.9 Å². The summed E-state index contributed by atoms with van der Waals surface area (Å²) in [6.07, 6.45) is 0.386. The number of amidine groups is 1. The van der Waals surface area contributed by atoms with Gasteiger partial charge in [-0.15, -0.1) is 0 Å². The number of nitrogens with zero attached hydrogens (tertiary/aromatic N) is 2. The molecule has 0 aromatic carbocycles. The van der Waals surface area contributed by atoms with Crippen molar-refractivity contribution >= 4 is 17.6 Å². The van der Waals surface area contributed by atoms with Gasteiger partial charge in [0.25, 0.3) is 0 Å². The summed E-state index contributed by atoms with van der Waals surface area (Å²) in [6, 6.07) is -0.533. The van der Waals surface area contributed by atoms with Gasteiger partial charge >= 0.3 is 0 Å². The van der Waals surface area contributed by atoms with Crippen molar-refractivity contribution in [2.24, 2.45) is 16.6 Å². The predicted octanol–water partition coefficient (Wildman–Crippen LogP) is -1.79. The van der Waals surface area contributed by atoms with Crippen LogP contribution in [-0.4, -0.2) is 40.3 Å². The van der Waals surface area contributed by atoms with Crippen molar-refractivity contribution in [1.82, 2.24) is 4.90 Å². The third-order valence-electron chi connectivity index (χ3n) is 2.13. The van der Waals surface area contributed by atoms with E-state index in [1.807, 2.05) is 0 Å². The van der Waals surface area contributed by atoms with E-state index in [1.54, 1.807) is 0 Å². The summed E-state index contributed by atoms with van der Waals surface area (Å²) in [6.45, 7) is 0.491. The van der Waals surface area contributed by atoms with E-state index >= 15 is 0 Å². The lowest BCUT2D eigenvalue weighted by molar-refractivity contribution is -0.145. The van der Waals surface area contributed by atoms with Crippen LogP contribution in [0, 0.1) is 0 Å². The summed E-state index contributed by atoms with van der Waals surface area (Å²) in [4.78, 5) is 23.4. The number of hydrogen-bond donors (Lipinski definition) is 3. The van der Waals surface area contributed by atoms with Gasteiger partial charge in [0.2, 0.25) is 11.8 Å². The molecule has 1 heterocycles. The second-order valence-corrected chi connectivity index (χ2v) is 3.06. The Hall–Kier alpha value is -1.79. The highest BCUT2D eigenvalue weighted by molar-refractivity contribution is 6.00. The maximum Gasteiger partial charge on any atom is 0.240 e. The first-order valence-corrected chi connectivity index (χ1v) is 4.11. The van der Waals surface area contributed by atoms with Crippen LogP contribution in [0.15, 0.2) is 5.16 Å². The lowest BCUT2D eigenvalue weighted by Crippen LogP contribution is -2.57. The molecule has 0 bridgehead atoms. The summed E-state index contributed by atoms with van der Waals surface area (Å²) in [7, 11) is 0. The number of primary amides is 1. The Morgan fingerprint density at radius 3 is 2.50 bits per heavy atom. The van der Waals surface area contributed by atoms with Crippen LogP contribution in [0.25, 0.3) is 0 Å². The molecule has 0 aromatic rings. The zero-order chi connectivity index (χ0) is 10.7. The predicted molar refractivity (Wildman–Crippen MR) is 47.3 cm³/mol. The maximum atomic E-state index is 11.4. The third-order valence-corrected chi connectivity index (χ3v) is 2.13. The molecule has 1 atom stereocenters. The quantitative estimate of drug-likeness (QED) is 0.215. The van der Waals surface area contributed by atoms with E-state index in [9.17, 15) is 9.59 Å². The van der Waals surface area contributed by atoms with E-state index in [0.717, 1.165) is 0 Å². The van der Waals surface area contributed by atoms with E-state index < -0.39 is 11.9 Å². The van der Waals surface area contributed by atoms with Gasteiger partial charge in [0, 0.05) is 6.54 Å². The van der Waals surface area contributed by atoms with Crippen molar-refractivity contribution in [1.29, 1.82) is 0 Å². The van der Waals surface area contributed by atoms with Gasteiger partial charge in [-0.2, -0.15) is 0 Å². The minimum Gasteiger partial charge on any atom is -0.409 e. The van der Waals surface area contributed by atoms with Gasteiger partial charge in [-0.1, -0.05) is 5.16 Å². The van der Waals surface area contributed by atoms with Crippen LogP contribution in [0.4, 0.5) is 0 Å². The molecule has 78 valence electrons. The fourth-order valence-electron chi connectivity index (χ4n) is 1.27. The molecule has 1 aliphatic heterocycles. The summed E-state index contributed by atoms with van der Waals surface area (Å²) >= 11 is 0. The molecule has 7 nitrogen and oxygen atoms in total. The van der Waals surface area contributed by atoms with Crippen molar-refractivity contribution in [3.63, 3.8) is 0 Å². The van der Waals surface area contributed by atoms with Crippen LogP contribution in [0.1, 0.15) is 12.8 Å². The fourth-order valence-corrected chi connectivity index (χ4v) is 1.27. The maximum absolute atomic E-state index is 11.4. The Labute approximate surface area is 80.3 Å². The Balaban J connectivity index is 2.50. The number of carbonyl (C=O) groups excluding carboxylic acids is 2. The van der Waals surface area contributed by atoms with Crippen LogP contribution in [-0.2, 0) is 9.59 Å². The first-order chi connectivity index (χ1) is 6.56. The van der Waals surface area contributed by atoms with E-state index in [2.05, 4.69) is 5.16 Å². The Bertz CT molecular complexity index is 289. The van der Waals surface area contributed by atoms with E-state index in [4.69, 9.17) is 16.7 Å². The van der Waals surface area contributed by atoms with Crippen LogP contribution in [0.2, 0.25) is 0 Å². The summed E-state index contributed by atoms with van der Waals surface area (Å²) in [5.41, 5.74) is 10.2. The third kappa shape index (κ3) is 1.93. The smallest absolute Gasteiger partial charge is 0.240 e. The summed E-state index contributed by atoms with van der Waals surface area (Å²) < 4.78 is 0. The van der Waals surface area contributed by atoms with Gasteiger partial charge < -0.3 is 21.6 Å². The Morgan fingerprint density at radius 1 is 1.50 bits per heavy atom. The fraction of sp³-hybridized carbons (Fsp3) is 0.571. The van der Waals surface area contributed by atoms with E-state index in [0.29, 0.717) is 13.0 Å². The highest BCUT2D eigenvalue weighted by atomic mass is 16.4. The lowest BCUT2D eigenvalue weighted by atomic mass is 10.0. The van der Waals surface area contributed by atoms with Crippen LogP contribution >= 0.6 is 0 Å². The van der Waals surface area contributed by atoms with Crippen LogP contribution < -0.4 is 11.5 Å². The average Bonchev–Trinajstić information content (AvgIpc) is 2.00. The molecule has 7 heteroatoms. The number of rotatable bonds is 3. The molecule has 1 rings (SSSR count). The van der Waals surface area contributed by atoms with Crippen molar-refractivity contribution in [3.05, 3.63) is 0 Å². The van der Waals surface area contributed by atoms with Crippen molar-refractivity contribution in [2.75, 3.05) is 6.54 Å². The highest BCUT2D eigenvalue weighted by Gasteiger charge is 2.36. The number of amides is 2. The lowest BCUT2D eigenvalue weighted by Gasteiger charge is -2.38. The van der Waals surface area contributed by atoms with E-state index in [-0.39, 0.29) is 18.2 Å². The van der Waals surface area contributed by atoms with Crippen molar-refractivity contribution in [3.8, 4) is 0 Å². The van der Waals surface area contributed by atoms with Gasteiger partial charge in [0.1, 0.15) is 11.9 Å². The number of likely N-dealkylation sites (tertiary alicyclic amines) is 1. The van der Waals surface area contributed by atoms with Gasteiger partial charge in [-0.25, -0.2) is 0 Å². The SMILES string of the molecule is NC(=O)C1CCN1C(=O)C/C(N)=N/O. The summed E-state index contributed by atoms with van der Waals surface area (Å²) in [5.74, 6) is -1.05. The molecule has 14 heavy (non-hydrogen) atoms. The van der Waals surface area contributed by atoms with Crippen LogP contribution in [0.5, 0.6) is 0 Å². The molecule has 2 amide bonds. The second kappa shape index (κ2) is 3.95. The Morgan fingerprint density at radius 2 is 2.14 bits per heavy atom. The zero-order valence-corrected chi connectivity index (χ0v) is 7.51. The number of oxime groups is 1. The molecule has 1 fully saturated rings. The monoisotopic (exact) mass is 200 g/mol. The topological polar surface area (TPSA) is 122 Å². The Kier molecular flexibility index (Phi) is 2.90. The molecule has 1 aliphatic rings. The van der Waals surface area contributed by atoms with Crippen LogP contribution in [0.3, 0.4) is 0 Å². The minimum atomic E-state index is -0.533. The number of nitrogens with two attached hydrogens (primary N) is 2. The standard InChI is InChI=1S/C7H12N4O3/c8-5(10-14)3-6(12)11-2-1-4(11)7(9)13/h4,14H,1-3H2,(H2,8,10)(H2,9,13). The minimum absolute atomic E-state index is 0.176. The highest BCUT2D eigenvalue weighted by Crippen LogP contribution is 2.17. The molecule has 0 saturated carbocycles. The van der Waals surface area contributed by atoms with Gasteiger partial charge in [-0.3, -0.25) is 9.59 Å². The normalized spacial score (nSPS) is 21.6. The van der Waals surface area contributed by atoms with Gasteiger partial charge in [0.05, 0.1) is 6.42 Å².